The van der Waals surface area contributed by atoms with Gasteiger partial charge < -0.3 is 19.5 Å². The Kier molecular flexibility index (Phi) is 8.20. The van der Waals surface area contributed by atoms with Crippen molar-refractivity contribution < 1.29 is 40.7 Å². The van der Waals surface area contributed by atoms with E-state index in [-0.39, 0.29) is 43.0 Å². The summed E-state index contributed by atoms with van der Waals surface area (Å²) in [6.45, 7) is 4.39. The molecule has 1 aliphatic rings. The molecule has 0 aliphatic carbocycles. The normalized spacial score (nSPS) is 14.6. The predicted octanol–water partition coefficient (Wildman–Crippen LogP) is 5.92. The largest absolute Gasteiger partial charge is 0.449 e. The van der Waals surface area contributed by atoms with Gasteiger partial charge in [-0.05, 0) is 50.3 Å². The number of aromatic nitrogens is 2. The number of rotatable bonds is 6. The van der Waals surface area contributed by atoms with Crippen molar-refractivity contribution in [2.45, 2.75) is 64.5 Å². The Morgan fingerprint density at radius 3 is 2.42 bits per heavy atom. The van der Waals surface area contributed by atoms with E-state index in [0.29, 0.717) is 17.7 Å². The Labute approximate surface area is 229 Å². The fourth-order valence-corrected chi connectivity index (χ4v) is 5.04. The molecular formula is C26H26F6N4O3S. The average molecular weight is 589 g/mol. The molecule has 0 saturated heterocycles. The molecule has 1 aliphatic heterocycles. The van der Waals surface area contributed by atoms with E-state index in [1.807, 2.05) is 0 Å². The summed E-state index contributed by atoms with van der Waals surface area (Å²) in [6, 6.07) is 1.54. The minimum Gasteiger partial charge on any atom is -0.444 e. The van der Waals surface area contributed by atoms with Crippen molar-refractivity contribution in [2.24, 2.45) is 0 Å². The summed E-state index contributed by atoms with van der Waals surface area (Å²) in [5, 5.41) is 5.83. The van der Waals surface area contributed by atoms with Crippen molar-refractivity contribution >= 4 is 23.3 Å². The summed E-state index contributed by atoms with van der Waals surface area (Å²) in [4.78, 5) is 31.0. The molecule has 0 spiro atoms. The lowest BCUT2D eigenvalue weighted by Gasteiger charge is -2.31. The van der Waals surface area contributed by atoms with E-state index in [9.17, 15) is 35.9 Å². The maximum atomic E-state index is 14.4. The molecule has 40 heavy (non-hydrogen) atoms. The number of alkyl halides is 3. The van der Waals surface area contributed by atoms with Crippen molar-refractivity contribution in [3.8, 4) is 11.3 Å². The van der Waals surface area contributed by atoms with Crippen molar-refractivity contribution in [3.63, 3.8) is 0 Å². The van der Waals surface area contributed by atoms with Crippen LogP contribution in [0.5, 0.6) is 0 Å². The molecule has 0 saturated carbocycles. The number of nitrogens with zero attached hydrogens (tertiary/aromatic N) is 3. The first-order valence-electron chi connectivity index (χ1n) is 12.2. The molecular weight excluding hydrogens is 562 g/mol. The highest BCUT2D eigenvalue weighted by atomic mass is 32.1. The standard InChI is InChI=1S/C26H26F6N4O3S/c1-25(2,3)39-24(38)33-16(8-15-9-18(28)19(29)11-17(15)27)10-21(37)35-5-6-36-20(12-35)22(14-4-7-40-13-14)34-23(36)26(30,31)32/h4,7,9,11,13,16H,5-6,8,10,12H2,1-3H3,(H,33,38)/t16-/m1/s1. The Bertz CT molecular complexity index is 1400. The number of amides is 2. The van der Waals surface area contributed by atoms with Gasteiger partial charge in [0.25, 0.3) is 0 Å². The molecule has 3 heterocycles. The fraction of sp³-hybridized carbons (Fsp3) is 0.423. The molecule has 0 bridgehead atoms. The number of carbonyl (C=O) groups excluding carboxylic acids is 2. The molecule has 0 radical (unpaired) electrons. The molecule has 0 fully saturated rings. The monoisotopic (exact) mass is 588 g/mol. The highest BCUT2D eigenvalue weighted by molar-refractivity contribution is 7.08. The minimum atomic E-state index is -4.70. The second-order valence-corrected chi connectivity index (χ2v) is 11.1. The maximum absolute atomic E-state index is 14.4. The number of thiophene rings is 1. The van der Waals surface area contributed by atoms with Crippen molar-refractivity contribution in [3.05, 3.63) is 63.5 Å². The molecule has 2 amide bonds. The third kappa shape index (κ3) is 6.77. The lowest BCUT2D eigenvalue weighted by Crippen LogP contribution is -2.45. The number of hydrogen-bond acceptors (Lipinski definition) is 5. The Hall–Kier alpha value is -3.55. The zero-order valence-corrected chi connectivity index (χ0v) is 22.6. The number of imidazole rings is 1. The lowest BCUT2D eigenvalue weighted by atomic mass is 10.0. The average Bonchev–Trinajstić information content (AvgIpc) is 3.48. The van der Waals surface area contributed by atoms with Crippen LogP contribution in [0.25, 0.3) is 11.3 Å². The topological polar surface area (TPSA) is 76.5 Å². The van der Waals surface area contributed by atoms with E-state index < -0.39 is 59.5 Å². The predicted molar refractivity (Wildman–Crippen MR) is 134 cm³/mol. The number of ether oxygens (including phenoxy) is 1. The van der Waals surface area contributed by atoms with Crippen LogP contribution in [0.1, 0.15) is 44.3 Å². The van der Waals surface area contributed by atoms with Crippen LogP contribution in [0.3, 0.4) is 0 Å². The third-order valence-corrected chi connectivity index (χ3v) is 6.79. The summed E-state index contributed by atoms with van der Waals surface area (Å²) >= 11 is 1.29. The van der Waals surface area contributed by atoms with Gasteiger partial charge in [-0.25, -0.2) is 22.9 Å². The van der Waals surface area contributed by atoms with Crippen molar-refractivity contribution in [1.82, 2.24) is 19.8 Å². The number of fused-ring (bicyclic) bond motifs is 1. The van der Waals surface area contributed by atoms with Gasteiger partial charge in [0.1, 0.15) is 11.4 Å². The summed E-state index contributed by atoms with van der Waals surface area (Å²) < 4.78 is 89.0. The van der Waals surface area contributed by atoms with Gasteiger partial charge in [-0.1, -0.05) is 0 Å². The molecule has 0 unspecified atom stereocenters. The quantitative estimate of drug-likeness (QED) is 0.287. The van der Waals surface area contributed by atoms with Crippen LogP contribution in [-0.2, 0) is 35.2 Å². The van der Waals surface area contributed by atoms with E-state index in [1.165, 1.54) is 16.2 Å². The summed E-state index contributed by atoms with van der Waals surface area (Å²) in [5.41, 5.74) is -0.381. The number of nitrogens with one attached hydrogen (secondary N) is 1. The van der Waals surface area contributed by atoms with Crippen LogP contribution in [0.4, 0.5) is 31.1 Å². The molecule has 4 rings (SSSR count). The van der Waals surface area contributed by atoms with E-state index in [0.717, 1.165) is 4.57 Å². The van der Waals surface area contributed by atoms with E-state index in [1.54, 1.807) is 37.6 Å². The highest BCUT2D eigenvalue weighted by Gasteiger charge is 2.41. The van der Waals surface area contributed by atoms with Crippen LogP contribution in [-0.4, -0.2) is 44.6 Å². The van der Waals surface area contributed by atoms with Gasteiger partial charge in [0.2, 0.25) is 11.7 Å². The zero-order valence-electron chi connectivity index (χ0n) is 21.7. The van der Waals surface area contributed by atoms with Crippen LogP contribution in [0, 0.1) is 17.5 Å². The maximum Gasteiger partial charge on any atom is 0.449 e. The first-order chi connectivity index (χ1) is 18.6. The van der Waals surface area contributed by atoms with Gasteiger partial charge in [-0.3, -0.25) is 4.79 Å². The summed E-state index contributed by atoms with van der Waals surface area (Å²) in [6.07, 6.45) is -6.41. The van der Waals surface area contributed by atoms with E-state index in [2.05, 4.69) is 10.3 Å². The van der Waals surface area contributed by atoms with E-state index >= 15 is 0 Å². The lowest BCUT2D eigenvalue weighted by molar-refractivity contribution is -0.148. The number of alkyl carbamates (subject to hydrolysis) is 1. The molecule has 1 N–H and O–H groups in total. The highest BCUT2D eigenvalue weighted by Crippen LogP contribution is 2.36. The summed E-state index contributed by atoms with van der Waals surface area (Å²) in [7, 11) is 0. The van der Waals surface area contributed by atoms with Crippen LogP contribution in [0.2, 0.25) is 0 Å². The molecule has 2 aromatic heterocycles. The molecule has 7 nitrogen and oxygen atoms in total. The van der Waals surface area contributed by atoms with Crippen LogP contribution in [0.15, 0.2) is 29.0 Å². The van der Waals surface area contributed by atoms with Gasteiger partial charge in [0.05, 0.1) is 17.9 Å². The fourth-order valence-electron chi connectivity index (χ4n) is 4.40. The first-order valence-corrected chi connectivity index (χ1v) is 13.2. The number of halogens is 6. The molecule has 1 atom stereocenters. The third-order valence-electron chi connectivity index (χ3n) is 6.11. The van der Waals surface area contributed by atoms with E-state index in [4.69, 9.17) is 4.74 Å². The van der Waals surface area contributed by atoms with Gasteiger partial charge in [0.15, 0.2) is 11.6 Å². The number of hydrogen-bond donors (Lipinski definition) is 1. The minimum absolute atomic E-state index is 0.0763. The van der Waals surface area contributed by atoms with Crippen molar-refractivity contribution in [1.29, 1.82) is 0 Å². The molecule has 14 heteroatoms. The van der Waals surface area contributed by atoms with Crippen molar-refractivity contribution in [2.75, 3.05) is 6.54 Å². The second-order valence-electron chi connectivity index (χ2n) is 10.3. The second kappa shape index (κ2) is 11.1. The molecule has 3 aromatic rings. The Balaban J connectivity index is 1.58. The Morgan fingerprint density at radius 2 is 1.80 bits per heavy atom. The van der Waals surface area contributed by atoms with Gasteiger partial charge >= 0.3 is 12.3 Å². The van der Waals surface area contributed by atoms with Gasteiger partial charge in [-0.15, -0.1) is 0 Å². The zero-order chi connectivity index (χ0) is 29.4. The van der Waals surface area contributed by atoms with Crippen LogP contribution >= 0.6 is 11.3 Å². The smallest absolute Gasteiger partial charge is 0.444 e. The molecule has 216 valence electrons. The van der Waals surface area contributed by atoms with Gasteiger partial charge in [-0.2, -0.15) is 24.5 Å². The SMILES string of the molecule is CC(C)(C)OC(=O)N[C@@H](CC(=O)N1CCn2c(C(F)(F)F)nc(-c3ccsc3)c2C1)Cc1cc(F)c(F)cc1F. The van der Waals surface area contributed by atoms with Crippen LogP contribution < -0.4 is 5.32 Å². The number of benzene rings is 1. The molecule has 1 aromatic carbocycles. The summed E-state index contributed by atoms with van der Waals surface area (Å²) in [5.74, 6) is -5.37. The van der Waals surface area contributed by atoms with Gasteiger partial charge in [0, 0.05) is 42.6 Å². The Morgan fingerprint density at radius 1 is 1.10 bits per heavy atom. The number of carbonyl (C=O) groups is 2. The first kappa shape index (κ1) is 29.4.